The summed E-state index contributed by atoms with van der Waals surface area (Å²) in [6.45, 7) is 0. The van der Waals surface area contributed by atoms with Gasteiger partial charge in [0.25, 0.3) is 0 Å². The lowest BCUT2D eigenvalue weighted by Crippen LogP contribution is -2.16. The molecule has 0 aliphatic heterocycles. The van der Waals surface area contributed by atoms with Crippen molar-refractivity contribution in [3.05, 3.63) is 28.8 Å². The van der Waals surface area contributed by atoms with E-state index >= 15 is 0 Å². The van der Waals surface area contributed by atoms with Crippen molar-refractivity contribution in [2.45, 2.75) is 12.5 Å². The first-order chi connectivity index (χ1) is 7.06. The summed E-state index contributed by atoms with van der Waals surface area (Å²) in [5.74, 6) is -0.462. The number of nitrogens with two attached hydrogens (primary N) is 1. The molecule has 3 N–H and O–H groups in total. The van der Waals surface area contributed by atoms with Gasteiger partial charge in [0.2, 0.25) is 0 Å². The van der Waals surface area contributed by atoms with Gasteiger partial charge in [0.15, 0.2) is 0 Å². The van der Waals surface area contributed by atoms with E-state index < -0.39 is 12.0 Å². The largest absolute Gasteiger partial charge is 0.506 e. The van der Waals surface area contributed by atoms with Crippen molar-refractivity contribution < 1.29 is 14.6 Å². The van der Waals surface area contributed by atoms with Gasteiger partial charge in [-0.2, -0.15) is 0 Å². The molecule has 0 saturated carbocycles. The van der Waals surface area contributed by atoms with Gasteiger partial charge in [-0.25, -0.2) is 0 Å². The molecule has 1 unspecified atom stereocenters. The van der Waals surface area contributed by atoms with Gasteiger partial charge in [0.1, 0.15) is 5.75 Å². The highest BCUT2D eigenvalue weighted by molar-refractivity contribution is 6.32. The second kappa shape index (κ2) is 5.00. The van der Waals surface area contributed by atoms with Gasteiger partial charge >= 0.3 is 5.97 Å². The minimum absolute atomic E-state index is 0.0275. The predicted octanol–water partition coefficient (Wildman–Crippen LogP) is 1.61. The van der Waals surface area contributed by atoms with Gasteiger partial charge in [0.05, 0.1) is 18.6 Å². The molecule has 0 spiro atoms. The van der Waals surface area contributed by atoms with Crippen molar-refractivity contribution in [2.75, 3.05) is 7.11 Å². The number of methoxy groups -OCH3 is 1. The summed E-state index contributed by atoms with van der Waals surface area (Å²) >= 11 is 5.83. The second-order valence-corrected chi connectivity index (χ2v) is 3.45. The number of ether oxygens (including phenoxy) is 1. The van der Waals surface area contributed by atoms with Gasteiger partial charge < -0.3 is 15.6 Å². The summed E-state index contributed by atoms with van der Waals surface area (Å²) < 4.78 is 4.49. The first-order valence-corrected chi connectivity index (χ1v) is 4.73. The van der Waals surface area contributed by atoms with Crippen LogP contribution in [-0.4, -0.2) is 18.2 Å². The summed E-state index contributed by atoms with van der Waals surface area (Å²) in [5, 5.41) is 9.51. The molecule has 0 fully saturated rings. The number of halogens is 1. The fourth-order valence-electron chi connectivity index (χ4n) is 1.20. The maximum Gasteiger partial charge on any atom is 0.307 e. The Morgan fingerprint density at radius 2 is 2.33 bits per heavy atom. The third-order valence-electron chi connectivity index (χ3n) is 2.02. The number of hydrogen-bond acceptors (Lipinski definition) is 4. The van der Waals surface area contributed by atoms with Gasteiger partial charge in [0, 0.05) is 6.04 Å². The van der Waals surface area contributed by atoms with Crippen LogP contribution in [0.15, 0.2) is 18.2 Å². The van der Waals surface area contributed by atoms with E-state index in [0.717, 1.165) is 0 Å². The highest BCUT2D eigenvalue weighted by atomic mass is 35.5. The molecule has 4 nitrogen and oxygen atoms in total. The average molecular weight is 230 g/mol. The Hall–Kier alpha value is -1.26. The lowest BCUT2D eigenvalue weighted by Gasteiger charge is -2.12. The van der Waals surface area contributed by atoms with Crippen LogP contribution in [0.1, 0.15) is 18.0 Å². The van der Waals surface area contributed by atoms with E-state index in [4.69, 9.17) is 17.3 Å². The van der Waals surface area contributed by atoms with Crippen LogP contribution in [-0.2, 0) is 9.53 Å². The van der Waals surface area contributed by atoms with E-state index in [9.17, 15) is 9.90 Å². The predicted molar refractivity (Wildman–Crippen MR) is 56.7 cm³/mol. The normalized spacial score (nSPS) is 12.2. The summed E-state index contributed by atoms with van der Waals surface area (Å²) in [7, 11) is 1.29. The standard InChI is InChI=1S/C10H12ClNO3/c1-15-9(14)5-7(12)6-3-2-4-8(13)10(6)11/h2-4,7,13H,5,12H2,1H3. The van der Waals surface area contributed by atoms with Crippen molar-refractivity contribution in [1.82, 2.24) is 0 Å². The Morgan fingerprint density at radius 3 is 2.93 bits per heavy atom. The van der Waals surface area contributed by atoms with Crippen LogP contribution < -0.4 is 5.73 Å². The van der Waals surface area contributed by atoms with Crippen LogP contribution in [0.5, 0.6) is 5.75 Å². The molecule has 1 aromatic carbocycles. The number of phenolic OH excluding ortho intramolecular Hbond substituents is 1. The highest BCUT2D eigenvalue weighted by Crippen LogP contribution is 2.31. The monoisotopic (exact) mass is 229 g/mol. The SMILES string of the molecule is COC(=O)CC(N)c1cccc(O)c1Cl. The molecule has 1 rings (SSSR count). The maximum absolute atomic E-state index is 11.0. The number of esters is 1. The summed E-state index contributed by atoms with van der Waals surface area (Å²) in [5.41, 5.74) is 6.27. The van der Waals surface area contributed by atoms with Crippen molar-refractivity contribution >= 4 is 17.6 Å². The molecule has 5 heteroatoms. The van der Waals surface area contributed by atoms with Crippen molar-refractivity contribution in [1.29, 1.82) is 0 Å². The zero-order valence-corrected chi connectivity index (χ0v) is 8.99. The first-order valence-electron chi connectivity index (χ1n) is 4.36. The molecular weight excluding hydrogens is 218 g/mol. The highest BCUT2D eigenvalue weighted by Gasteiger charge is 2.16. The van der Waals surface area contributed by atoms with Crippen LogP contribution in [0, 0.1) is 0 Å². The number of benzene rings is 1. The molecule has 1 aromatic rings. The molecular formula is C10H12ClNO3. The van der Waals surface area contributed by atoms with Crippen molar-refractivity contribution in [2.24, 2.45) is 5.73 Å². The molecule has 0 heterocycles. The number of hydrogen-bond donors (Lipinski definition) is 2. The fraction of sp³-hybridized carbons (Fsp3) is 0.300. The van der Waals surface area contributed by atoms with E-state index in [1.165, 1.54) is 13.2 Å². The molecule has 0 radical (unpaired) electrons. The van der Waals surface area contributed by atoms with E-state index in [2.05, 4.69) is 4.74 Å². The number of aromatic hydroxyl groups is 1. The zero-order chi connectivity index (χ0) is 11.4. The average Bonchev–Trinajstić information content (AvgIpc) is 2.21. The quantitative estimate of drug-likeness (QED) is 0.773. The third-order valence-corrected chi connectivity index (χ3v) is 2.43. The molecule has 0 aromatic heterocycles. The summed E-state index contributed by atoms with van der Waals surface area (Å²) in [6.07, 6.45) is 0.0275. The van der Waals surface area contributed by atoms with Gasteiger partial charge in [-0.3, -0.25) is 4.79 Å². The first kappa shape index (κ1) is 11.8. The third kappa shape index (κ3) is 2.84. The van der Waals surface area contributed by atoms with Gasteiger partial charge in [-0.15, -0.1) is 0 Å². The minimum Gasteiger partial charge on any atom is -0.506 e. The Bertz CT molecular complexity index is 368. The summed E-state index contributed by atoms with van der Waals surface area (Å²) in [6, 6.07) is 4.16. The van der Waals surface area contributed by atoms with E-state index in [1.807, 2.05) is 0 Å². The van der Waals surface area contributed by atoms with Crippen LogP contribution in [0.4, 0.5) is 0 Å². The van der Waals surface area contributed by atoms with Crippen molar-refractivity contribution in [3.63, 3.8) is 0 Å². The Morgan fingerprint density at radius 1 is 1.67 bits per heavy atom. The Balaban J connectivity index is 2.86. The molecule has 0 amide bonds. The van der Waals surface area contributed by atoms with E-state index in [-0.39, 0.29) is 17.2 Å². The van der Waals surface area contributed by atoms with Crippen LogP contribution in [0.2, 0.25) is 5.02 Å². The number of carbonyl (C=O) groups excluding carboxylic acids is 1. The molecule has 82 valence electrons. The lowest BCUT2D eigenvalue weighted by molar-refractivity contribution is -0.141. The number of rotatable bonds is 3. The van der Waals surface area contributed by atoms with Crippen LogP contribution in [0.25, 0.3) is 0 Å². The van der Waals surface area contributed by atoms with Crippen LogP contribution in [0.3, 0.4) is 0 Å². The van der Waals surface area contributed by atoms with Crippen molar-refractivity contribution in [3.8, 4) is 5.75 Å². The molecule has 0 aliphatic carbocycles. The van der Waals surface area contributed by atoms with E-state index in [1.54, 1.807) is 12.1 Å². The van der Waals surface area contributed by atoms with Gasteiger partial charge in [-0.1, -0.05) is 23.7 Å². The van der Waals surface area contributed by atoms with E-state index in [0.29, 0.717) is 5.56 Å². The zero-order valence-electron chi connectivity index (χ0n) is 8.24. The molecule has 0 bridgehead atoms. The second-order valence-electron chi connectivity index (χ2n) is 3.07. The minimum atomic E-state index is -0.572. The van der Waals surface area contributed by atoms with Crippen LogP contribution >= 0.6 is 11.6 Å². The topological polar surface area (TPSA) is 72.5 Å². The molecule has 15 heavy (non-hydrogen) atoms. The summed E-state index contributed by atoms with van der Waals surface area (Å²) in [4.78, 5) is 11.0. The Kier molecular flexibility index (Phi) is 3.94. The lowest BCUT2D eigenvalue weighted by atomic mass is 10.0. The van der Waals surface area contributed by atoms with Gasteiger partial charge in [-0.05, 0) is 11.6 Å². The molecule has 0 saturated heterocycles. The molecule has 1 atom stereocenters. The number of phenols is 1. The fourth-order valence-corrected chi connectivity index (χ4v) is 1.46. The smallest absolute Gasteiger partial charge is 0.307 e. The number of carbonyl (C=O) groups is 1. The Labute approximate surface area is 92.6 Å². The maximum atomic E-state index is 11.0. The molecule has 0 aliphatic rings.